The van der Waals surface area contributed by atoms with Gasteiger partial charge in [-0.1, -0.05) is 48.5 Å². The molecule has 0 saturated heterocycles. The molecule has 0 bridgehead atoms. The molecule has 0 radical (unpaired) electrons. The molecule has 4 rings (SSSR count). The number of hydrogen-bond acceptors (Lipinski definition) is 2. The molecule has 0 unspecified atom stereocenters. The Hall–Kier alpha value is -2.68. The van der Waals surface area contributed by atoms with Gasteiger partial charge in [-0.2, -0.15) is 0 Å². The van der Waals surface area contributed by atoms with E-state index in [0.717, 1.165) is 17.6 Å². The Bertz CT molecular complexity index is 859. The Morgan fingerprint density at radius 3 is 2.62 bits per heavy atom. The van der Waals surface area contributed by atoms with Crippen LogP contribution >= 0.6 is 0 Å². The second kappa shape index (κ2) is 4.70. The molecule has 1 aliphatic heterocycles. The number of aliphatic imine (C=N–C) groups is 1. The number of fused-ring (bicyclic) bond motifs is 3. The Kier molecular flexibility index (Phi) is 2.71. The van der Waals surface area contributed by atoms with Gasteiger partial charge in [0.25, 0.3) is 0 Å². The average Bonchev–Trinajstić information content (AvgIpc) is 2.94. The number of rotatable bonds is 2. The topological polar surface area (TPSA) is 45.2 Å². The minimum absolute atomic E-state index is 0.0110. The smallest absolute Gasteiger partial charge is 0.213 e. The van der Waals surface area contributed by atoms with Crippen LogP contribution in [0.2, 0.25) is 0 Å². The molecule has 3 nitrogen and oxygen atoms in total. The molecule has 1 aliphatic rings. The molecule has 0 aliphatic carbocycles. The van der Waals surface area contributed by atoms with Crippen molar-refractivity contribution in [2.45, 2.75) is 6.42 Å². The van der Waals surface area contributed by atoms with Crippen molar-refractivity contribution >= 4 is 22.4 Å². The van der Waals surface area contributed by atoms with Gasteiger partial charge in [-0.15, -0.1) is 0 Å². The molecule has 3 aromatic rings. The number of nitrogens with zero attached hydrogens (tertiary/aromatic N) is 1. The summed E-state index contributed by atoms with van der Waals surface area (Å²) >= 11 is 0. The average molecular weight is 274 g/mol. The standard InChI is InChI=1S/C18H14N2O/c21-18(12-6-2-1-3-7-12)17-16-14(10-11-19-17)13-8-4-5-9-15(13)20-16/h1-9,20H,10-11H2. The van der Waals surface area contributed by atoms with Gasteiger partial charge in [0.05, 0.1) is 5.69 Å². The molecule has 3 heteroatoms. The zero-order valence-corrected chi connectivity index (χ0v) is 11.5. The summed E-state index contributed by atoms with van der Waals surface area (Å²) in [6.45, 7) is 0.669. The van der Waals surface area contributed by atoms with E-state index in [-0.39, 0.29) is 5.78 Å². The number of benzene rings is 2. The number of aromatic nitrogens is 1. The number of ketones is 1. The van der Waals surface area contributed by atoms with Crippen LogP contribution in [0.15, 0.2) is 59.6 Å². The van der Waals surface area contributed by atoms with Gasteiger partial charge in [-0.05, 0) is 18.1 Å². The van der Waals surface area contributed by atoms with Crippen LogP contribution in [-0.4, -0.2) is 23.0 Å². The molecule has 102 valence electrons. The van der Waals surface area contributed by atoms with E-state index in [4.69, 9.17) is 0 Å². The van der Waals surface area contributed by atoms with Crippen molar-refractivity contribution in [2.24, 2.45) is 4.99 Å². The summed E-state index contributed by atoms with van der Waals surface area (Å²) in [5, 5.41) is 1.20. The highest BCUT2D eigenvalue weighted by atomic mass is 16.1. The lowest BCUT2D eigenvalue weighted by atomic mass is 9.97. The minimum atomic E-state index is -0.0110. The molecule has 0 spiro atoms. The van der Waals surface area contributed by atoms with Crippen molar-refractivity contribution in [1.82, 2.24) is 4.98 Å². The van der Waals surface area contributed by atoms with Crippen molar-refractivity contribution in [3.8, 4) is 0 Å². The van der Waals surface area contributed by atoms with Gasteiger partial charge in [0.2, 0.25) is 5.78 Å². The fraction of sp³-hybridized carbons (Fsp3) is 0.111. The molecule has 0 atom stereocenters. The molecule has 0 amide bonds. The molecule has 21 heavy (non-hydrogen) atoms. The van der Waals surface area contributed by atoms with Crippen LogP contribution in [0.5, 0.6) is 0 Å². The van der Waals surface area contributed by atoms with Crippen LogP contribution in [0.1, 0.15) is 21.6 Å². The molecule has 1 N–H and O–H groups in total. The van der Waals surface area contributed by atoms with Gasteiger partial charge in [0, 0.05) is 23.0 Å². The summed E-state index contributed by atoms with van der Waals surface area (Å²) in [6, 6.07) is 17.5. The predicted molar refractivity (Wildman–Crippen MR) is 84.2 cm³/mol. The van der Waals surface area contributed by atoms with Gasteiger partial charge in [-0.25, -0.2) is 0 Å². The van der Waals surface area contributed by atoms with Crippen molar-refractivity contribution in [2.75, 3.05) is 6.54 Å². The first-order chi connectivity index (χ1) is 10.3. The van der Waals surface area contributed by atoms with Gasteiger partial charge in [0.1, 0.15) is 5.71 Å². The Labute approximate surface area is 122 Å². The molecule has 0 saturated carbocycles. The van der Waals surface area contributed by atoms with Gasteiger partial charge in [0.15, 0.2) is 0 Å². The summed E-state index contributed by atoms with van der Waals surface area (Å²) in [5.74, 6) is -0.0110. The number of para-hydroxylation sites is 1. The Morgan fingerprint density at radius 1 is 1.00 bits per heavy atom. The third kappa shape index (κ3) is 1.89. The fourth-order valence-electron chi connectivity index (χ4n) is 2.93. The van der Waals surface area contributed by atoms with Crippen LogP contribution in [0.4, 0.5) is 0 Å². The van der Waals surface area contributed by atoms with Crippen molar-refractivity contribution < 1.29 is 4.79 Å². The van der Waals surface area contributed by atoms with E-state index in [1.807, 2.05) is 48.5 Å². The van der Waals surface area contributed by atoms with Crippen molar-refractivity contribution in [3.05, 3.63) is 71.4 Å². The summed E-state index contributed by atoms with van der Waals surface area (Å²) in [7, 11) is 0. The van der Waals surface area contributed by atoms with E-state index in [1.54, 1.807) is 0 Å². The monoisotopic (exact) mass is 274 g/mol. The number of carbonyl (C=O) groups excluding carboxylic acids is 1. The highest BCUT2D eigenvalue weighted by Crippen LogP contribution is 2.27. The quantitative estimate of drug-likeness (QED) is 0.715. The van der Waals surface area contributed by atoms with Crippen molar-refractivity contribution in [1.29, 1.82) is 0 Å². The second-order valence-corrected chi connectivity index (χ2v) is 5.20. The maximum absolute atomic E-state index is 12.7. The van der Waals surface area contributed by atoms with E-state index in [9.17, 15) is 4.79 Å². The summed E-state index contributed by atoms with van der Waals surface area (Å²) in [4.78, 5) is 20.5. The summed E-state index contributed by atoms with van der Waals surface area (Å²) in [5.41, 5.74) is 4.40. The van der Waals surface area contributed by atoms with Gasteiger partial charge in [-0.3, -0.25) is 9.79 Å². The van der Waals surface area contributed by atoms with Crippen LogP contribution in [-0.2, 0) is 6.42 Å². The van der Waals surface area contributed by atoms with E-state index >= 15 is 0 Å². The molecular weight excluding hydrogens is 260 g/mol. The first kappa shape index (κ1) is 12.1. The zero-order chi connectivity index (χ0) is 14.2. The van der Waals surface area contributed by atoms with Crippen LogP contribution in [0.25, 0.3) is 10.9 Å². The number of hydrogen-bond donors (Lipinski definition) is 1. The maximum atomic E-state index is 12.7. The third-order valence-corrected chi connectivity index (χ3v) is 3.93. The van der Waals surface area contributed by atoms with Gasteiger partial charge >= 0.3 is 0 Å². The van der Waals surface area contributed by atoms with Crippen LogP contribution in [0.3, 0.4) is 0 Å². The predicted octanol–water partition coefficient (Wildman–Crippen LogP) is 3.40. The second-order valence-electron chi connectivity index (χ2n) is 5.20. The lowest BCUT2D eigenvalue weighted by molar-refractivity contribution is 0.106. The van der Waals surface area contributed by atoms with Gasteiger partial charge < -0.3 is 4.98 Å². The van der Waals surface area contributed by atoms with E-state index in [1.165, 1.54) is 10.9 Å². The zero-order valence-electron chi connectivity index (χ0n) is 11.5. The minimum Gasteiger partial charge on any atom is -0.353 e. The first-order valence-electron chi connectivity index (χ1n) is 7.09. The maximum Gasteiger partial charge on any atom is 0.213 e. The number of Topliss-reactive ketones (excluding diaryl/α,β-unsaturated/α-hetero) is 1. The Morgan fingerprint density at radius 2 is 1.76 bits per heavy atom. The molecular formula is C18H14N2O. The normalized spacial score (nSPS) is 13.8. The Balaban J connectivity index is 1.86. The van der Waals surface area contributed by atoms with Crippen molar-refractivity contribution in [3.63, 3.8) is 0 Å². The van der Waals surface area contributed by atoms with E-state index < -0.39 is 0 Å². The molecule has 2 heterocycles. The SMILES string of the molecule is O=C(C1=NCCc2c1[nH]c1ccccc21)c1ccccc1. The van der Waals surface area contributed by atoms with E-state index in [0.29, 0.717) is 17.8 Å². The number of nitrogens with one attached hydrogen (secondary N) is 1. The van der Waals surface area contributed by atoms with E-state index in [2.05, 4.69) is 16.0 Å². The number of H-pyrrole nitrogens is 1. The molecule has 0 fully saturated rings. The third-order valence-electron chi connectivity index (χ3n) is 3.93. The summed E-state index contributed by atoms with van der Waals surface area (Å²) < 4.78 is 0. The summed E-state index contributed by atoms with van der Waals surface area (Å²) in [6.07, 6.45) is 0.880. The highest BCUT2D eigenvalue weighted by Gasteiger charge is 2.24. The van der Waals surface area contributed by atoms with Crippen LogP contribution < -0.4 is 0 Å². The largest absolute Gasteiger partial charge is 0.353 e. The molecule has 2 aromatic carbocycles. The molecule has 1 aromatic heterocycles. The number of carbonyl (C=O) groups is 1. The fourth-order valence-corrected chi connectivity index (χ4v) is 2.93. The van der Waals surface area contributed by atoms with Crippen LogP contribution in [0, 0.1) is 0 Å². The highest BCUT2D eigenvalue weighted by molar-refractivity contribution is 6.51. The lowest BCUT2D eigenvalue weighted by Gasteiger charge is -2.12. The number of aromatic amines is 1. The lowest BCUT2D eigenvalue weighted by Crippen LogP contribution is -2.21. The first-order valence-corrected chi connectivity index (χ1v) is 7.09.